The van der Waals surface area contributed by atoms with Gasteiger partial charge in [0.1, 0.15) is 11.6 Å². The van der Waals surface area contributed by atoms with Gasteiger partial charge in [-0.25, -0.2) is 0 Å². The number of rotatable bonds is 2. The molecule has 0 amide bonds. The van der Waals surface area contributed by atoms with E-state index in [1.165, 1.54) is 0 Å². The fourth-order valence-electron chi connectivity index (χ4n) is 1.67. The number of nitriles is 1. The van der Waals surface area contributed by atoms with Crippen molar-refractivity contribution in [1.82, 2.24) is 4.90 Å². The average Bonchev–Trinajstić information content (AvgIpc) is 2.63. The van der Waals surface area contributed by atoms with Crippen LogP contribution in [0.15, 0.2) is 34.9 Å². The molecule has 1 aromatic heterocycles. The van der Waals surface area contributed by atoms with E-state index in [-0.39, 0.29) is 6.04 Å². The predicted molar refractivity (Wildman–Crippen MR) is 58.3 cm³/mol. The Hall–Kier alpha value is -1.79. The Bertz CT molecular complexity index is 508. The molecule has 0 aliphatic carbocycles. The first kappa shape index (κ1) is 9.75. The molecule has 1 atom stereocenters. The highest BCUT2D eigenvalue weighted by Crippen LogP contribution is 2.28. The first-order valence-electron chi connectivity index (χ1n) is 4.76. The monoisotopic (exact) mass is 200 g/mol. The number of furan rings is 1. The van der Waals surface area contributed by atoms with E-state index in [9.17, 15) is 0 Å². The Morgan fingerprint density at radius 3 is 2.73 bits per heavy atom. The summed E-state index contributed by atoms with van der Waals surface area (Å²) in [4.78, 5) is 1.87. The summed E-state index contributed by atoms with van der Waals surface area (Å²) in [6.45, 7) is 0. The molecule has 15 heavy (non-hydrogen) atoms. The van der Waals surface area contributed by atoms with Gasteiger partial charge in [-0.15, -0.1) is 0 Å². The predicted octanol–water partition coefficient (Wildman–Crippen LogP) is 2.56. The number of nitrogens with zero attached hydrogens (tertiary/aromatic N) is 2. The van der Waals surface area contributed by atoms with Crippen molar-refractivity contribution in [2.45, 2.75) is 6.04 Å². The van der Waals surface area contributed by atoms with Crippen LogP contribution in [0.5, 0.6) is 0 Å². The zero-order valence-electron chi connectivity index (χ0n) is 8.77. The minimum Gasteiger partial charge on any atom is -0.464 e. The van der Waals surface area contributed by atoms with Gasteiger partial charge in [-0.3, -0.25) is 4.90 Å². The molecule has 2 rings (SSSR count). The van der Waals surface area contributed by atoms with Crippen LogP contribution in [0.1, 0.15) is 11.6 Å². The molecule has 0 bridgehead atoms. The fraction of sp³-hybridized carbons (Fsp3) is 0.250. The standard InChI is InChI=1S/C12H12N2O/c1-14(2)11(7-13)10-8-15-12-6-4-3-5-9(10)12/h3-6,8,11H,1-2H3. The van der Waals surface area contributed by atoms with Crippen LogP contribution in [0, 0.1) is 11.3 Å². The van der Waals surface area contributed by atoms with Gasteiger partial charge in [0.25, 0.3) is 0 Å². The third-order valence-corrected chi connectivity index (χ3v) is 2.44. The van der Waals surface area contributed by atoms with Crippen LogP contribution >= 0.6 is 0 Å². The summed E-state index contributed by atoms with van der Waals surface area (Å²) in [5.41, 5.74) is 1.76. The molecule has 0 radical (unpaired) electrons. The van der Waals surface area contributed by atoms with E-state index in [0.29, 0.717) is 0 Å². The second-order valence-electron chi connectivity index (χ2n) is 3.68. The second-order valence-corrected chi connectivity index (χ2v) is 3.68. The van der Waals surface area contributed by atoms with Crippen LogP contribution in [0.3, 0.4) is 0 Å². The molecule has 0 aliphatic rings. The van der Waals surface area contributed by atoms with E-state index in [0.717, 1.165) is 16.5 Å². The Morgan fingerprint density at radius 1 is 1.33 bits per heavy atom. The summed E-state index contributed by atoms with van der Waals surface area (Å²) in [6.07, 6.45) is 1.67. The minimum absolute atomic E-state index is 0.256. The van der Waals surface area contributed by atoms with Gasteiger partial charge in [0.2, 0.25) is 0 Å². The molecular formula is C12H12N2O. The molecule has 1 unspecified atom stereocenters. The maximum atomic E-state index is 9.09. The first-order valence-corrected chi connectivity index (χ1v) is 4.76. The summed E-state index contributed by atoms with van der Waals surface area (Å²) < 4.78 is 5.40. The van der Waals surface area contributed by atoms with Crippen LogP contribution in [0.2, 0.25) is 0 Å². The van der Waals surface area contributed by atoms with Gasteiger partial charge < -0.3 is 4.42 Å². The zero-order chi connectivity index (χ0) is 10.8. The number of hydrogen-bond donors (Lipinski definition) is 0. The molecule has 3 heteroatoms. The Balaban J connectivity index is 2.57. The largest absolute Gasteiger partial charge is 0.464 e. The molecule has 0 spiro atoms. The molecule has 76 valence electrons. The lowest BCUT2D eigenvalue weighted by atomic mass is 10.1. The van der Waals surface area contributed by atoms with Crippen LogP contribution in [-0.4, -0.2) is 19.0 Å². The quantitative estimate of drug-likeness (QED) is 0.748. The molecular weight excluding hydrogens is 188 g/mol. The van der Waals surface area contributed by atoms with Crippen molar-refractivity contribution in [3.8, 4) is 6.07 Å². The lowest BCUT2D eigenvalue weighted by molar-refractivity contribution is 0.357. The number of para-hydroxylation sites is 1. The van der Waals surface area contributed by atoms with E-state index in [2.05, 4.69) is 6.07 Å². The smallest absolute Gasteiger partial charge is 0.134 e. The van der Waals surface area contributed by atoms with E-state index < -0.39 is 0 Å². The highest BCUT2D eigenvalue weighted by atomic mass is 16.3. The number of fused-ring (bicyclic) bond motifs is 1. The molecule has 0 fully saturated rings. The summed E-state index contributed by atoms with van der Waals surface area (Å²) in [5.74, 6) is 0. The van der Waals surface area contributed by atoms with Crippen molar-refractivity contribution >= 4 is 11.0 Å². The molecule has 1 heterocycles. The van der Waals surface area contributed by atoms with Gasteiger partial charge in [0.05, 0.1) is 12.3 Å². The average molecular weight is 200 g/mol. The van der Waals surface area contributed by atoms with Gasteiger partial charge in [-0.1, -0.05) is 18.2 Å². The maximum absolute atomic E-state index is 9.09. The zero-order valence-corrected chi connectivity index (χ0v) is 8.77. The maximum Gasteiger partial charge on any atom is 0.134 e. The van der Waals surface area contributed by atoms with E-state index in [1.54, 1.807) is 6.26 Å². The summed E-state index contributed by atoms with van der Waals surface area (Å²) in [5, 5.41) is 10.1. The van der Waals surface area contributed by atoms with E-state index in [1.807, 2.05) is 43.3 Å². The Labute approximate surface area is 88.5 Å². The third kappa shape index (κ3) is 1.60. The van der Waals surface area contributed by atoms with Crippen molar-refractivity contribution in [3.63, 3.8) is 0 Å². The summed E-state index contributed by atoms with van der Waals surface area (Å²) in [7, 11) is 3.77. The number of benzene rings is 1. The minimum atomic E-state index is -0.256. The topological polar surface area (TPSA) is 40.2 Å². The normalized spacial score (nSPS) is 12.9. The van der Waals surface area contributed by atoms with Crippen molar-refractivity contribution in [2.75, 3.05) is 14.1 Å². The van der Waals surface area contributed by atoms with E-state index in [4.69, 9.17) is 9.68 Å². The summed E-state index contributed by atoms with van der Waals surface area (Å²) >= 11 is 0. The molecule has 0 saturated heterocycles. The molecule has 2 aromatic rings. The third-order valence-electron chi connectivity index (χ3n) is 2.44. The molecule has 1 aromatic carbocycles. The van der Waals surface area contributed by atoms with Gasteiger partial charge in [0.15, 0.2) is 0 Å². The van der Waals surface area contributed by atoms with Crippen molar-refractivity contribution in [2.24, 2.45) is 0 Å². The van der Waals surface area contributed by atoms with Crippen LogP contribution in [0.25, 0.3) is 11.0 Å². The van der Waals surface area contributed by atoms with Crippen molar-refractivity contribution < 1.29 is 4.42 Å². The highest BCUT2D eigenvalue weighted by Gasteiger charge is 2.17. The lowest BCUT2D eigenvalue weighted by Crippen LogP contribution is -2.17. The van der Waals surface area contributed by atoms with Gasteiger partial charge in [-0.05, 0) is 20.2 Å². The fourth-order valence-corrected chi connectivity index (χ4v) is 1.67. The molecule has 3 nitrogen and oxygen atoms in total. The lowest BCUT2D eigenvalue weighted by Gasteiger charge is -2.15. The van der Waals surface area contributed by atoms with Crippen molar-refractivity contribution in [3.05, 3.63) is 36.1 Å². The summed E-state index contributed by atoms with van der Waals surface area (Å²) in [6, 6.07) is 9.76. The van der Waals surface area contributed by atoms with Gasteiger partial charge in [0, 0.05) is 10.9 Å². The number of hydrogen-bond acceptors (Lipinski definition) is 3. The second kappa shape index (κ2) is 3.76. The molecule has 0 N–H and O–H groups in total. The highest BCUT2D eigenvalue weighted by molar-refractivity contribution is 5.81. The van der Waals surface area contributed by atoms with Gasteiger partial charge >= 0.3 is 0 Å². The van der Waals surface area contributed by atoms with Gasteiger partial charge in [-0.2, -0.15) is 5.26 Å². The Kier molecular flexibility index (Phi) is 2.44. The van der Waals surface area contributed by atoms with Crippen molar-refractivity contribution in [1.29, 1.82) is 5.26 Å². The first-order chi connectivity index (χ1) is 7.24. The molecule has 0 aliphatic heterocycles. The Morgan fingerprint density at radius 2 is 2.07 bits per heavy atom. The van der Waals surface area contributed by atoms with Crippen LogP contribution < -0.4 is 0 Å². The molecule has 0 saturated carbocycles. The van der Waals surface area contributed by atoms with E-state index >= 15 is 0 Å². The van der Waals surface area contributed by atoms with Crippen LogP contribution in [0.4, 0.5) is 0 Å². The van der Waals surface area contributed by atoms with Crippen LogP contribution in [-0.2, 0) is 0 Å². The SMILES string of the molecule is CN(C)C(C#N)c1coc2ccccc12.